The Morgan fingerprint density at radius 3 is 3.04 bits per heavy atom. The van der Waals surface area contributed by atoms with E-state index in [1.54, 1.807) is 13.2 Å². The van der Waals surface area contributed by atoms with Crippen LogP contribution in [0.3, 0.4) is 0 Å². The van der Waals surface area contributed by atoms with Gasteiger partial charge in [-0.15, -0.1) is 0 Å². The second-order valence-corrected chi connectivity index (χ2v) is 7.29. The standard InChI is InChI=1S/C21H24ClN5O/c1-23-21(25-11-8-17-13-15-5-2-3-7-19(15)28-17)26-16-9-12-27(14-16)20-18(22)6-4-10-24-20/h2-7,10,13,16H,8-9,11-12,14H2,1H3,(H2,23,25,26). The molecule has 3 heterocycles. The number of halogens is 1. The molecule has 0 saturated carbocycles. The summed E-state index contributed by atoms with van der Waals surface area (Å²) in [6.07, 6.45) is 3.59. The van der Waals surface area contributed by atoms with Crippen molar-refractivity contribution >= 4 is 34.3 Å². The van der Waals surface area contributed by atoms with Crippen LogP contribution in [0.25, 0.3) is 11.0 Å². The third kappa shape index (κ3) is 4.22. The molecule has 6 nitrogen and oxygen atoms in total. The molecule has 3 aromatic rings. The Morgan fingerprint density at radius 2 is 2.21 bits per heavy atom. The minimum atomic E-state index is 0.301. The van der Waals surface area contributed by atoms with Crippen LogP contribution in [-0.2, 0) is 6.42 Å². The van der Waals surface area contributed by atoms with Gasteiger partial charge in [0.05, 0.1) is 5.02 Å². The second-order valence-electron chi connectivity index (χ2n) is 6.88. The molecule has 1 fully saturated rings. The van der Waals surface area contributed by atoms with Crippen LogP contribution >= 0.6 is 11.6 Å². The van der Waals surface area contributed by atoms with Crippen LogP contribution < -0.4 is 15.5 Å². The minimum Gasteiger partial charge on any atom is -0.461 e. The number of rotatable bonds is 5. The highest BCUT2D eigenvalue weighted by Gasteiger charge is 2.25. The number of nitrogens with zero attached hydrogens (tertiary/aromatic N) is 3. The van der Waals surface area contributed by atoms with Crippen LogP contribution in [0.4, 0.5) is 5.82 Å². The number of furan rings is 1. The molecule has 4 rings (SSSR count). The second kappa shape index (κ2) is 8.52. The lowest BCUT2D eigenvalue weighted by atomic mass is 10.2. The van der Waals surface area contributed by atoms with E-state index in [9.17, 15) is 0 Å². The number of aliphatic imine (C=N–C) groups is 1. The van der Waals surface area contributed by atoms with Gasteiger partial charge in [0.1, 0.15) is 17.2 Å². The number of fused-ring (bicyclic) bond motifs is 1. The van der Waals surface area contributed by atoms with Gasteiger partial charge in [-0.25, -0.2) is 4.98 Å². The van der Waals surface area contributed by atoms with Crippen LogP contribution in [0.2, 0.25) is 5.02 Å². The van der Waals surface area contributed by atoms with Gasteiger partial charge in [0.25, 0.3) is 0 Å². The highest BCUT2D eigenvalue weighted by Crippen LogP contribution is 2.25. The molecule has 7 heteroatoms. The van der Waals surface area contributed by atoms with Crippen molar-refractivity contribution in [2.75, 3.05) is 31.6 Å². The molecule has 0 aliphatic carbocycles. The highest BCUT2D eigenvalue weighted by atomic mass is 35.5. The summed E-state index contributed by atoms with van der Waals surface area (Å²) in [5.41, 5.74) is 0.930. The van der Waals surface area contributed by atoms with E-state index in [1.807, 2.05) is 30.3 Å². The monoisotopic (exact) mass is 397 g/mol. The van der Waals surface area contributed by atoms with E-state index in [4.69, 9.17) is 16.0 Å². The fraction of sp³-hybridized carbons (Fsp3) is 0.333. The lowest BCUT2D eigenvalue weighted by molar-refractivity contribution is 0.543. The number of anilines is 1. The molecule has 2 aromatic heterocycles. The summed E-state index contributed by atoms with van der Waals surface area (Å²) < 4.78 is 5.86. The number of nitrogens with one attached hydrogen (secondary N) is 2. The Balaban J connectivity index is 1.27. The van der Waals surface area contributed by atoms with E-state index >= 15 is 0 Å². The average molecular weight is 398 g/mol. The van der Waals surface area contributed by atoms with Gasteiger partial charge in [-0.3, -0.25) is 4.99 Å². The molecule has 1 aliphatic rings. The predicted octanol–water partition coefficient (Wildman–Crippen LogP) is 3.47. The Morgan fingerprint density at radius 1 is 1.32 bits per heavy atom. The van der Waals surface area contributed by atoms with E-state index in [0.29, 0.717) is 11.1 Å². The van der Waals surface area contributed by atoms with Crippen molar-refractivity contribution in [2.24, 2.45) is 4.99 Å². The summed E-state index contributed by atoms with van der Waals surface area (Å²) in [6.45, 7) is 2.52. The molecule has 1 atom stereocenters. The lowest BCUT2D eigenvalue weighted by Crippen LogP contribution is -2.45. The molecule has 1 saturated heterocycles. The van der Waals surface area contributed by atoms with Gasteiger partial charge in [-0.1, -0.05) is 29.8 Å². The first-order chi connectivity index (χ1) is 13.7. The molecule has 146 valence electrons. The number of guanidine groups is 1. The van der Waals surface area contributed by atoms with Gasteiger partial charge in [-0.05, 0) is 30.7 Å². The molecule has 1 unspecified atom stereocenters. The maximum absolute atomic E-state index is 6.27. The van der Waals surface area contributed by atoms with E-state index < -0.39 is 0 Å². The smallest absolute Gasteiger partial charge is 0.191 e. The van der Waals surface area contributed by atoms with E-state index in [1.165, 1.54) is 0 Å². The van der Waals surface area contributed by atoms with Crippen LogP contribution in [-0.4, -0.2) is 43.7 Å². The quantitative estimate of drug-likeness (QED) is 0.509. The molecule has 0 bridgehead atoms. The number of aromatic nitrogens is 1. The normalized spacial score (nSPS) is 17.3. The van der Waals surface area contributed by atoms with Crippen molar-refractivity contribution in [2.45, 2.75) is 18.9 Å². The van der Waals surface area contributed by atoms with Crippen molar-refractivity contribution in [3.63, 3.8) is 0 Å². The number of pyridine rings is 1. The van der Waals surface area contributed by atoms with Gasteiger partial charge in [0, 0.05) is 50.7 Å². The predicted molar refractivity (Wildman–Crippen MR) is 114 cm³/mol. The first kappa shape index (κ1) is 18.6. The number of hydrogen-bond acceptors (Lipinski definition) is 4. The Kier molecular flexibility index (Phi) is 5.67. The molecule has 0 radical (unpaired) electrons. The summed E-state index contributed by atoms with van der Waals surface area (Å²) in [5.74, 6) is 2.62. The van der Waals surface area contributed by atoms with Crippen LogP contribution in [0.1, 0.15) is 12.2 Å². The lowest BCUT2D eigenvalue weighted by Gasteiger charge is -2.20. The summed E-state index contributed by atoms with van der Waals surface area (Å²) in [4.78, 5) is 11.0. The number of hydrogen-bond donors (Lipinski definition) is 2. The maximum atomic E-state index is 6.27. The molecule has 28 heavy (non-hydrogen) atoms. The summed E-state index contributed by atoms with van der Waals surface area (Å²) in [6, 6.07) is 14.2. The number of benzene rings is 1. The maximum Gasteiger partial charge on any atom is 0.191 e. The Hall–Kier alpha value is -2.73. The molecular weight excluding hydrogens is 374 g/mol. The van der Waals surface area contributed by atoms with E-state index in [0.717, 1.165) is 61.0 Å². The molecular formula is C21H24ClN5O. The van der Waals surface area contributed by atoms with Crippen molar-refractivity contribution in [1.82, 2.24) is 15.6 Å². The summed E-state index contributed by atoms with van der Waals surface area (Å²) in [7, 11) is 1.79. The topological polar surface area (TPSA) is 65.7 Å². The summed E-state index contributed by atoms with van der Waals surface area (Å²) in [5, 5.41) is 8.70. The zero-order valence-electron chi connectivity index (χ0n) is 15.9. The molecule has 2 N–H and O–H groups in total. The molecule has 0 amide bonds. The van der Waals surface area contributed by atoms with Crippen LogP contribution in [0.5, 0.6) is 0 Å². The van der Waals surface area contributed by atoms with Crippen molar-refractivity contribution in [3.05, 3.63) is 59.4 Å². The van der Waals surface area contributed by atoms with Crippen LogP contribution in [0.15, 0.2) is 58.1 Å². The zero-order chi connectivity index (χ0) is 19.3. The third-order valence-electron chi connectivity index (χ3n) is 4.93. The Labute approximate surface area is 169 Å². The van der Waals surface area contributed by atoms with Gasteiger partial charge in [0.2, 0.25) is 0 Å². The molecule has 1 aliphatic heterocycles. The Bertz CT molecular complexity index is 937. The first-order valence-corrected chi connectivity index (χ1v) is 9.91. The highest BCUT2D eigenvalue weighted by molar-refractivity contribution is 6.32. The van der Waals surface area contributed by atoms with Crippen molar-refractivity contribution in [3.8, 4) is 0 Å². The van der Waals surface area contributed by atoms with Crippen molar-refractivity contribution < 1.29 is 4.42 Å². The largest absolute Gasteiger partial charge is 0.461 e. The van der Waals surface area contributed by atoms with E-state index in [-0.39, 0.29) is 0 Å². The first-order valence-electron chi connectivity index (χ1n) is 9.53. The van der Waals surface area contributed by atoms with Gasteiger partial charge < -0.3 is 20.0 Å². The minimum absolute atomic E-state index is 0.301. The third-order valence-corrected chi connectivity index (χ3v) is 5.23. The fourth-order valence-electron chi connectivity index (χ4n) is 3.53. The number of para-hydroxylation sites is 1. The van der Waals surface area contributed by atoms with Gasteiger partial charge >= 0.3 is 0 Å². The van der Waals surface area contributed by atoms with Gasteiger partial charge in [0.15, 0.2) is 5.96 Å². The average Bonchev–Trinajstić information content (AvgIpc) is 3.34. The fourth-order valence-corrected chi connectivity index (χ4v) is 3.77. The van der Waals surface area contributed by atoms with E-state index in [2.05, 4.69) is 37.6 Å². The SMILES string of the molecule is CN=C(NCCc1cc2ccccc2o1)NC1CCN(c2ncccc2Cl)C1. The van der Waals surface area contributed by atoms with Crippen molar-refractivity contribution in [1.29, 1.82) is 0 Å². The van der Waals surface area contributed by atoms with Gasteiger partial charge in [-0.2, -0.15) is 0 Å². The zero-order valence-corrected chi connectivity index (χ0v) is 16.6. The summed E-state index contributed by atoms with van der Waals surface area (Å²) >= 11 is 6.27. The molecule has 1 aromatic carbocycles. The van der Waals surface area contributed by atoms with Crippen LogP contribution in [0, 0.1) is 0 Å². The molecule has 0 spiro atoms.